The SMILES string of the molecule is CCCCCCCCCCC(CCCCCCCCC)COC(=O)C(C)CCCCCC. The largest absolute Gasteiger partial charge is 0.465 e. The molecule has 0 heterocycles. The van der Waals surface area contributed by atoms with Crippen LogP contribution < -0.4 is 0 Å². The lowest BCUT2D eigenvalue weighted by Crippen LogP contribution is -2.20. The van der Waals surface area contributed by atoms with E-state index in [4.69, 9.17) is 4.74 Å². The van der Waals surface area contributed by atoms with Crippen molar-refractivity contribution in [2.45, 2.75) is 169 Å². The van der Waals surface area contributed by atoms with E-state index in [0.717, 1.165) is 12.8 Å². The van der Waals surface area contributed by atoms with E-state index in [9.17, 15) is 4.79 Å². The summed E-state index contributed by atoms with van der Waals surface area (Å²) in [4.78, 5) is 12.5. The topological polar surface area (TPSA) is 26.3 Å². The van der Waals surface area contributed by atoms with Crippen LogP contribution in [0.2, 0.25) is 0 Å². The van der Waals surface area contributed by atoms with Gasteiger partial charge >= 0.3 is 5.97 Å². The molecule has 0 fully saturated rings. The van der Waals surface area contributed by atoms with Crippen molar-refractivity contribution in [3.05, 3.63) is 0 Å². The molecule has 0 saturated heterocycles. The van der Waals surface area contributed by atoms with Crippen LogP contribution in [0, 0.1) is 11.8 Å². The molecule has 0 radical (unpaired) electrons. The molecule has 0 saturated carbocycles. The average molecular weight is 453 g/mol. The van der Waals surface area contributed by atoms with E-state index in [2.05, 4.69) is 27.7 Å². The van der Waals surface area contributed by atoms with Gasteiger partial charge in [0.1, 0.15) is 0 Å². The Labute approximate surface area is 203 Å². The maximum Gasteiger partial charge on any atom is 0.308 e. The van der Waals surface area contributed by atoms with E-state index in [0.29, 0.717) is 12.5 Å². The van der Waals surface area contributed by atoms with Crippen molar-refractivity contribution >= 4 is 5.97 Å². The maximum absolute atomic E-state index is 12.5. The van der Waals surface area contributed by atoms with Crippen LogP contribution in [0.4, 0.5) is 0 Å². The van der Waals surface area contributed by atoms with E-state index in [1.54, 1.807) is 0 Å². The summed E-state index contributed by atoms with van der Waals surface area (Å²) in [5.41, 5.74) is 0. The lowest BCUT2D eigenvalue weighted by molar-refractivity contribution is -0.149. The second-order valence-electron chi connectivity index (χ2n) is 10.4. The molecule has 0 amide bonds. The van der Waals surface area contributed by atoms with E-state index in [1.807, 2.05) is 0 Å². The molecule has 0 aromatic carbocycles. The summed E-state index contributed by atoms with van der Waals surface area (Å²) in [7, 11) is 0. The smallest absolute Gasteiger partial charge is 0.308 e. The van der Waals surface area contributed by atoms with Crippen molar-refractivity contribution in [2.24, 2.45) is 11.8 Å². The maximum atomic E-state index is 12.5. The van der Waals surface area contributed by atoms with Gasteiger partial charge in [-0.05, 0) is 25.2 Å². The highest BCUT2D eigenvalue weighted by atomic mass is 16.5. The first-order chi connectivity index (χ1) is 15.7. The van der Waals surface area contributed by atoms with Gasteiger partial charge in [-0.15, -0.1) is 0 Å². The van der Waals surface area contributed by atoms with Gasteiger partial charge in [-0.3, -0.25) is 4.79 Å². The minimum Gasteiger partial charge on any atom is -0.465 e. The number of carbonyl (C=O) groups excluding carboxylic acids is 1. The van der Waals surface area contributed by atoms with Crippen LogP contribution in [-0.4, -0.2) is 12.6 Å². The molecular formula is C30H60O2. The first kappa shape index (κ1) is 31.5. The molecular weight excluding hydrogens is 392 g/mol. The fourth-order valence-electron chi connectivity index (χ4n) is 4.61. The van der Waals surface area contributed by atoms with Gasteiger partial charge in [0.2, 0.25) is 0 Å². The molecule has 2 atom stereocenters. The molecule has 192 valence electrons. The van der Waals surface area contributed by atoms with Crippen molar-refractivity contribution < 1.29 is 9.53 Å². The molecule has 2 unspecified atom stereocenters. The quantitative estimate of drug-likeness (QED) is 0.102. The fourth-order valence-corrected chi connectivity index (χ4v) is 4.61. The van der Waals surface area contributed by atoms with Crippen LogP contribution in [0.15, 0.2) is 0 Å². The summed E-state index contributed by atoms with van der Waals surface area (Å²) in [5, 5.41) is 0. The number of rotatable bonds is 25. The van der Waals surface area contributed by atoms with Crippen LogP contribution in [0.3, 0.4) is 0 Å². The van der Waals surface area contributed by atoms with Crippen molar-refractivity contribution in [2.75, 3.05) is 6.61 Å². The van der Waals surface area contributed by atoms with E-state index >= 15 is 0 Å². The van der Waals surface area contributed by atoms with Crippen molar-refractivity contribution in [3.8, 4) is 0 Å². The zero-order valence-corrected chi connectivity index (χ0v) is 22.7. The summed E-state index contributed by atoms with van der Waals surface area (Å²) in [6.45, 7) is 9.51. The average Bonchev–Trinajstić information content (AvgIpc) is 2.80. The Balaban J connectivity index is 4.14. The highest BCUT2D eigenvalue weighted by molar-refractivity contribution is 5.71. The zero-order valence-electron chi connectivity index (χ0n) is 22.7. The highest BCUT2D eigenvalue weighted by Gasteiger charge is 2.17. The van der Waals surface area contributed by atoms with Crippen molar-refractivity contribution in [1.29, 1.82) is 0 Å². The first-order valence-corrected chi connectivity index (χ1v) is 14.8. The minimum atomic E-state index is 0.0435. The van der Waals surface area contributed by atoms with Crippen molar-refractivity contribution in [1.82, 2.24) is 0 Å². The van der Waals surface area contributed by atoms with E-state index in [-0.39, 0.29) is 11.9 Å². The molecule has 2 heteroatoms. The van der Waals surface area contributed by atoms with Gasteiger partial charge in [-0.2, -0.15) is 0 Å². The van der Waals surface area contributed by atoms with Crippen LogP contribution in [0.25, 0.3) is 0 Å². The van der Waals surface area contributed by atoms with Crippen LogP contribution in [0.1, 0.15) is 169 Å². The predicted octanol–water partition coefficient (Wildman–Crippen LogP) is 10.4. The summed E-state index contributed by atoms with van der Waals surface area (Å²) in [6, 6.07) is 0. The Morgan fingerprint density at radius 2 is 0.875 bits per heavy atom. The van der Waals surface area contributed by atoms with Crippen molar-refractivity contribution in [3.63, 3.8) is 0 Å². The minimum absolute atomic E-state index is 0.0435. The molecule has 0 spiro atoms. The van der Waals surface area contributed by atoms with E-state index in [1.165, 1.54) is 128 Å². The normalized spacial score (nSPS) is 13.2. The number of ether oxygens (including phenoxy) is 1. The van der Waals surface area contributed by atoms with Gasteiger partial charge in [0.05, 0.1) is 12.5 Å². The molecule has 0 aliphatic rings. The third-order valence-electron chi connectivity index (χ3n) is 7.04. The Bertz CT molecular complexity index is 379. The molecule has 0 aromatic rings. The molecule has 0 aromatic heterocycles. The summed E-state index contributed by atoms with van der Waals surface area (Å²) in [5.74, 6) is 0.679. The Kier molecular flexibility index (Phi) is 24.7. The van der Waals surface area contributed by atoms with Gasteiger partial charge in [-0.1, -0.05) is 150 Å². The van der Waals surface area contributed by atoms with Crippen LogP contribution >= 0.6 is 0 Å². The molecule has 0 N–H and O–H groups in total. The van der Waals surface area contributed by atoms with Gasteiger partial charge in [-0.25, -0.2) is 0 Å². The standard InChI is InChI=1S/C30H60O2/c1-5-8-11-14-16-18-20-23-26-29(25-22-19-17-15-12-9-6-2)27-32-30(31)28(4)24-21-13-10-7-3/h28-29H,5-27H2,1-4H3. The highest BCUT2D eigenvalue weighted by Crippen LogP contribution is 2.21. The summed E-state index contributed by atoms with van der Waals surface area (Å²) >= 11 is 0. The number of unbranched alkanes of at least 4 members (excludes halogenated alkanes) is 16. The molecule has 2 nitrogen and oxygen atoms in total. The summed E-state index contributed by atoms with van der Waals surface area (Å²) in [6.07, 6.45) is 28.9. The van der Waals surface area contributed by atoms with Crippen LogP contribution in [0.5, 0.6) is 0 Å². The van der Waals surface area contributed by atoms with Crippen LogP contribution in [-0.2, 0) is 9.53 Å². The number of hydrogen-bond donors (Lipinski definition) is 0. The molecule has 0 aliphatic heterocycles. The number of esters is 1. The lowest BCUT2D eigenvalue weighted by Gasteiger charge is -2.19. The predicted molar refractivity (Wildman–Crippen MR) is 142 cm³/mol. The van der Waals surface area contributed by atoms with Gasteiger partial charge in [0.25, 0.3) is 0 Å². The lowest BCUT2D eigenvalue weighted by atomic mass is 9.94. The van der Waals surface area contributed by atoms with E-state index < -0.39 is 0 Å². The van der Waals surface area contributed by atoms with Gasteiger partial charge < -0.3 is 4.74 Å². The Hall–Kier alpha value is -0.530. The Morgan fingerprint density at radius 3 is 1.31 bits per heavy atom. The molecule has 32 heavy (non-hydrogen) atoms. The fraction of sp³-hybridized carbons (Fsp3) is 0.967. The van der Waals surface area contributed by atoms with Gasteiger partial charge in [0.15, 0.2) is 0 Å². The third-order valence-corrected chi connectivity index (χ3v) is 7.04. The second-order valence-corrected chi connectivity index (χ2v) is 10.4. The molecule has 0 aliphatic carbocycles. The monoisotopic (exact) mass is 452 g/mol. The second kappa shape index (κ2) is 25.1. The third kappa shape index (κ3) is 21.3. The number of carbonyl (C=O) groups is 1. The zero-order chi connectivity index (χ0) is 23.7. The number of hydrogen-bond acceptors (Lipinski definition) is 2. The summed E-state index contributed by atoms with van der Waals surface area (Å²) < 4.78 is 5.82. The van der Waals surface area contributed by atoms with Gasteiger partial charge in [0, 0.05) is 0 Å². The molecule has 0 rings (SSSR count). The Morgan fingerprint density at radius 1 is 0.531 bits per heavy atom. The molecule has 0 bridgehead atoms. The first-order valence-electron chi connectivity index (χ1n) is 14.8.